The van der Waals surface area contributed by atoms with Crippen molar-refractivity contribution in [2.24, 2.45) is 0 Å². The van der Waals surface area contributed by atoms with Crippen LogP contribution in [0.25, 0.3) is 0 Å². The minimum Gasteiger partial charge on any atom is -0.392 e. The summed E-state index contributed by atoms with van der Waals surface area (Å²) in [5.74, 6) is 1.68. The number of aliphatic hydroxyl groups is 1. The molecule has 2 aliphatic rings. The van der Waals surface area contributed by atoms with E-state index in [9.17, 15) is 23.8 Å². The lowest BCUT2D eigenvalue weighted by Gasteiger charge is -2.37. The third kappa shape index (κ3) is 5.27. The van der Waals surface area contributed by atoms with Crippen molar-refractivity contribution in [3.63, 3.8) is 0 Å². The van der Waals surface area contributed by atoms with Crippen molar-refractivity contribution in [1.82, 2.24) is 9.80 Å². The number of anilines is 1. The van der Waals surface area contributed by atoms with Gasteiger partial charge in [-0.05, 0) is 41.8 Å². The lowest BCUT2D eigenvalue weighted by molar-refractivity contribution is -0.131. The lowest BCUT2D eigenvalue weighted by atomic mass is 10.0. The summed E-state index contributed by atoms with van der Waals surface area (Å²) in [6.45, 7) is 1.88. The Kier molecular flexibility index (Phi) is 6.98. The molecule has 4 rings (SSSR count). The molecule has 34 heavy (non-hydrogen) atoms. The van der Waals surface area contributed by atoms with Crippen LogP contribution < -0.4 is 5.32 Å². The molecular formula is C25H29N3O5S. The summed E-state index contributed by atoms with van der Waals surface area (Å²) in [7, 11) is -1.43. The first-order valence-electron chi connectivity index (χ1n) is 11.1. The smallest absolute Gasteiger partial charge is 0.244 e. The Morgan fingerprint density at radius 2 is 2.12 bits per heavy atom. The van der Waals surface area contributed by atoms with E-state index in [0.717, 1.165) is 17.7 Å². The Balaban J connectivity index is 1.56. The summed E-state index contributed by atoms with van der Waals surface area (Å²) < 4.78 is 20.4. The standard InChI is InChI=1S/C25H29N3O5S/c1-3-17-5-4-6-19(11-17)22(15-28-10-9-20(29)14-28)27(2)25(31)13-18-7-8-23-21(12-18)26-24(30)16-34(23,32)33/h1,4-8,11-12,20,22,29,32-33H,9-10,13-16H2,2H3,(H,26,30)/t20-,22+/m0/s1. The maximum absolute atomic E-state index is 13.3. The Morgan fingerprint density at radius 1 is 1.32 bits per heavy atom. The molecule has 9 heteroatoms. The van der Waals surface area contributed by atoms with Crippen LogP contribution in [0, 0.1) is 12.3 Å². The summed E-state index contributed by atoms with van der Waals surface area (Å²) in [6.07, 6.45) is 6.00. The Bertz CT molecular complexity index is 1150. The van der Waals surface area contributed by atoms with Gasteiger partial charge in [0.1, 0.15) is 5.75 Å². The molecule has 0 spiro atoms. The average molecular weight is 484 g/mol. The second kappa shape index (κ2) is 9.78. The molecule has 1 fully saturated rings. The van der Waals surface area contributed by atoms with Crippen molar-refractivity contribution >= 4 is 28.1 Å². The van der Waals surface area contributed by atoms with Gasteiger partial charge >= 0.3 is 0 Å². The number of amides is 2. The van der Waals surface area contributed by atoms with Gasteiger partial charge in [-0.3, -0.25) is 23.6 Å². The van der Waals surface area contributed by atoms with Gasteiger partial charge in [0.15, 0.2) is 0 Å². The molecule has 0 bridgehead atoms. The normalized spacial score (nSPS) is 21.1. The van der Waals surface area contributed by atoms with Crippen LogP contribution >= 0.6 is 10.6 Å². The molecule has 2 amide bonds. The average Bonchev–Trinajstić information content (AvgIpc) is 3.20. The van der Waals surface area contributed by atoms with Crippen LogP contribution in [-0.4, -0.2) is 74.4 Å². The molecule has 180 valence electrons. The number of likely N-dealkylation sites (N-methyl/N-ethyl adjacent to an activating group) is 1. The molecule has 2 aromatic carbocycles. The Morgan fingerprint density at radius 3 is 2.82 bits per heavy atom. The van der Waals surface area contributed by atoms with Gasteiger partial charge in [0, 0.05) is 32.2 Å². The molecule has 0 aromatic heterocycles. The quantitative estimate of drug-likeness (QED) is 0.470. The van der Waals surface area contributed by atoms with Gasteiger partial charge in [-0.1, -0.05) is 24.1 Å². The molecule has 2 atom stereocenters. The predicted molar refractivity (Wildman–Crippen MR) is 132 cm³/mol. The lowest BCUT2D eigenvalue weighted by Crippen LogP contribution is -2.39. The van der Waals surface area contributed by atoms with E-state index in [1.807, 2.05) is 24.3 Å². The maximum atomic E-state index is 13.3. The van der Waals surface area contributed by atoms with E-state index < -0.39 is 16.5 Å². The van der Waals surface area contributed by atoms with E-state index in [4.69, 9.17) is 6.42 Å². The van der Waals surface area contributed by atoms with E-state index in [0.29, 0.717) is 30.8 Å². The highest BCUT2D eigenvalue weighted by Gasteiger charge is 2.31. The molecule has 2 heterocycles. The SMILES string of the molecule is C#Cc1cccc([C@@H](CN2CC[C@H](O)C2)N(C)C(=O)Cc2ccc3c(c2)NC(=O)CS3(O)O)c1. The third-order valence-electron chi connectivity index (χ3n) is 6.34. The van der Waals surface area contributed by atoms with Crippen molar-refractivity contribution in [3.8, 4) is 12.3 Å². The van der Waals surface area contributed by atoms with Crippen LogP contribution in [-0.2, 0) is 16.0 Å². The number of fused-ring (bicyclic) bond motifs is 1. The minimum atomic E-state index is -3.18. The number of rotatable bonds is 6. The number of hydrogen-bond donors (Lipinski definition) is 4. The number of hydrogen-bond acceptors (Lipinski definition) is 6. The zero-order chi connectivity index (χ0) is 24.5. The number of terminal acetylenes is 1. The molecule has 0 radical (unpaired) electrons. The van der Waals surface area contributed by atoms with Crippen molar-refractivity contribution < 1.29 is 23.8 Å². The zero-order valence-electron chi connectivity index (χ0n) is 19.0. The minimum absolute atomic E-state index is 0.0762. The molecule has 1 saturated heterocycles. The number of β-amino-alcohol motifs (C(OH)–C–C–N with tert-alkyl or cyclic N) is 1. The molecule has 0 aliphatic carbocycles. The van der Waals surface area contributed by atoms with E-state index in [-0.39, 0.29) is 35.1 Å². The Hall–Kier alpha value is -2.87. The van der Waals surface area contributed by atoms with Crippen LogP contribution in [0.1, 0.15) is 29.2 Å². The fraction of sp³-hybridized carbons (Fsp3) is 0.360. The van der Waals surface area contributed by atoms with Crippen LogP contribution in [0.5, 0.6) is 0 Å². The molecule has 0 unspecified atom stereocenters. The molecule has 2 aromatic rings. The number of nitrogens with zero attached hydrogens (tertiary/aromatic N) is 2. The van der Waals surface area contributed by atoms with Gasteiger partial charge in [-0.15, -0.1) is 6.42 Å². The summed E-state index contributed by atoms with van der Waals surface area (Å²) >= 11 is 0. The van der Waals surface area contributed by atoms with E-state index in [1.54, 1.807) is 30.1 Å². The summed E-state index contributed by atoms with van der Waals surface area (Å²) in [6, 6.07) is 12.2. The fourth-order valence-electron chi connectivity index (χ4n) is 4.50. The largest absolute Gasteiger partial charge is 0.392 e. The number of carbonyl (C=O) groups is 2. The van der Waals surface area contributed by atoms with Crippen molar-refractivity contribution in [2.75, 3.05) is 37.8 Å². The summed E-state index contributed by atoms with van der Waals surface area (Å²) in [5.41, 5.74) is 2.63. The number of carbonyl (C=O) groups excluding carboxylic acids is 2. The maximum Gasteiger partial charge on any atom is 0.244 e. The monoisotopic (exact) mass is 483 g/mol. The van der Waals surface area contributed by atoms with Crippen LogP contribution in [0.15, 0.2) is 47.4 Å². The molecular weight excluding hydrogens is 454 g/mol. The summed E-state index contributed by atoms with van der Waals surface area (Å²) in [5, 5.41) is 12.6. The van der Waals surface area contributed by atoms with Gasteiger partial charge in [0.05, 0.1) is 29.1 Å². The molecule has 8 nitrogen and oxygen atoms in total. The Labute approximate surface area is 200 Å². The molecule has 4 N–H and O–H groups in total. The van der Waals surface area contributed by atoms with Crippen LogP contribution in [0.3, 0.4) is 0 Å². The number of likely N-dealkylation sites (tertiary alicyclic amines) is 1. The van der Waals surface area contributed by atoms with Crippen molar-refractivity contribution in [2.45, 2.75) is 29.9 Å². The zero-order valence-corrected chi connectivity index (χ0v) is 19.8. The molecule has 2 aliphatic heterocycles. The number of benzene rings is 2. The van der Waals surface area contributed by atoms with Gasteiger partial charge in [0.2, 0.25) is 11.8 Å². The first kappa shape index (κ1) is 24.3. The van der Waals surface area contributed by atoms with Crippen molar-refractivity contribution in [3.05, 3.63) is 59.2 Å². The first-order chi connectivity index (χ1) is 16.2. The topological polar surface area (TPSA) is 113 Å². The number of aliphatic hydroxyl groups excluding tert-OH is 1. The van der Waals surface area contributed by atoms with Crippen molar-refractivity contribution in [1.29, 1.82) is 0 Å². The second-order valence-electron chi connectivity index (χ2n) is 8.86. The van der Waals surface area contributed by atoms with Gasteiger partial charge < -0.3 is 15.3 Å². The van der Waals surface area contributed by atoms with E-state index in [1.165, 1.54) is 0 Å². The second-order valence-corrected chi connectivity index (χ2v) is 10.9. The third-order valence-corrected chi connectivity index (χ3v) is 8.06. The van der Waals surface area contributed by atoms with E-state index >= 15 is 0 Å². The predicted octanol–water partition coefficient (Wildman–Crippen LogP) is 2.54. The summed E-state index contributed by atoms with van der Waals surface area (Å²) in [4.78, 5) is 29.3. The molecule has 0 saturated carbocycles. The first-order valence-corrected chi connectivity index (χ1v) is 12.8. The highest BCUT2D eigenvalue weighted by atomic mass is 32.3. The van der Waals surface area contributed by atoms with Gasteiger partial charge in [0.25, 0.3) is 0 Å². The van der Waals surface area contributed by atoms with Crippen LogP contribution in [0.2, 0.25) is 0 Å². The van der Waals surface area contributed by atoms with E-state index in [2.05, 4.69) is 16.1 Å². The van der Waals surface area contributed by atoms with Crippen LogP contribution in [0.4, 0.5) is 5.69 Å². The van der Waals surface area contributed by atoms with Gasteiger partial charge in [-0.25, -0.2) is 0 Å². The highest BCUT2D eigenvalue weighted by molar-refractivity contribution is 8.25. The fourth-order valence-corrected chi connectivity index (χ4v) is 5.84. The highest BCUT2D eigenvalue weighted by Crippen LogP contribution is 2.53. The number of nitrogens with one attached hydrogen (secondary N) is 1. The van der Waals surface area contributed by atoms with Gasteiger partial charge in [-0.2, -0.15) is 10.6 Å².